The Morgan fingerprint density at radius 3 is 2.82 bits per heavy atom. The van der Waals surface area contributed by atoms with Gasteiger partial charge in [-0.2, -0.15) is 5.26 Å². The number of hydrogen-bond acceptors (Lipinski definition) is 4. The fourth-order valence-corrected chi connectivity index (χ4v) is 2.01. The lowest BCUT2D eigenvalue weighted by molar-refractivity contribution is 1.06. The summed E-state index contributed by atoms with van der Waals surface area (Å²) in [4.78, 5) is 9.95. The fraction of sp³-hybridized carbons (Fsp3) is 0.0833. The number of benzene rings is 1. The van der Waals surface area contributed by atoms with Crippen molar-refractivity contribution >= 4 is 27.4 Å². The van der Waals surface area contributed by atoms with Crippen LogP contribution in [0, 0.1) is 11.3 Å². The summed E-state index contributed by atoms with van der Waals surface area (Å²) in [5.74, 6) is 0.725. The van der Waals surface area contributed by atoms with Crippen molar-refractivity contribution in [1.29, 1.82) is 5.26 Å². The minimum absolute atomic E-state index is 0.612. The molecular formula is C12H9BrN4. The van der Waals surface area contributed by atoms with Gasteiger partial charge in [0.15, 0.2) is 5.82 Å². The minimum Gasteiger partial charge on any atom is -0.327 e. The van der Waals surface area contributed by atoms with Gasteiger partial charge in [0.2, 0.25) is 0 Å². The van der Waals surface area contributed by atoms with E-state index in [1.54, 1.807) is 12.3 Å². The van der Waals surface area contributed by atoms with Gasteiger partial charge in [-0.1, -0.05) is 12.1 Å². The molecule has 0 saturated heterocycles. The molecule has 2 rings (SSSR count). The zero-order valence-corrected chi connectivity index (χ0v) is 10.7. The molecule has 1 aromatic carbocycles. The fourth-order valence-electron chi connectivity index (χ4n) is 1.53. The standard InChI is InChI=1S/C12H9BrN4/c1-17(12-10(13)7-15-8-16-12)11-5-3-2-4-9(11)6-14/h2-5,7-8H,1H3. The molecule has 1 heterocycles. The number of hydrogen-bond donors (Lipinski definition) is 0. The lowest BCUT2D eigenvalue weighted by Gasteiger charge is -2.20. The first kappa shape index (κ1) is 11.6. The molecular weight excluding hydrogens is 280 g/mol. The predicted octanol–water partition coefficient (Wildman–Crippen LogP) is 2.88. The van der Waals surface area contributed by atoms with Crippen LogP contribution in [0.2, 0.25) is 0 Å². The third-order valence-corrected chi connectivity index (χ3v) is 2.91. The predicted molar refractivity (Wildman–Crippen MR) is 69.0 cm³/mol. The number of halogens is 1. The monoisotopic (exact) mass is 288 g/mol. The third kappa shape index (κ3) is 2.27. The SMILES string of the molecule is CN(c1ccccc1C#N)c1ncncc1Br. The van der Waals surface area contributed by atoms with E-state index in [0.717, 1.165) is 16.0 Å². The first-order chi connectivity index (χ1) is 8.24. The van der Waals surface area contributed by atoms with E-state index in [2.05, 4.69) is 32.0 Å². The number of rotatable bonds is 2. The molecule has 0 N–H and O–H groups in total. The van der Waals surface area contributed by atoms with Crippen molar-refractivity contribution in [2.24, 2.45) is 0 Å². The molecule has 0 spiro atoms. The van der Waals surface area contributed by atoms with Gasteiger partial charge in [0.05, 0.1) is 15.7 Å². The van der Waals surface area contributed by atoms with Gasteiger partial charge in [0.1, 0.15) is 12.4 Å². The molecule has 0 aliphatic rings. The average Bonchev–Trinajstić information content (AvgIpc) is 2.38. The Kier molecular flexibility index (Phi) is 3.35. The Balaban J connectivity index is 2.48. The highest BCUT2D eigenvalue weighted by Gasteiger charge is 2.12. The van der Waals surface area contributed by atoms with Crippen LogP contribution >= 0.6 is 15.9 Å². The second kappa shape index (κ2) is 4.93. The number of aromatic nitrogens is 2. The van der Waals surface area contributed by atoms with Gasteiger partial charge in [-0.05, 0) is 28.1 Å². The lowest BCUT2D eigenvalue weighted by atomic mass is 10.2. The first-order valence-corrected chi connectivity index (χ1v) is 5.71. The smallest absolute Gasteiger partial charge is 0.150 e. The molecule has 2 aromatic rings. The van der Waals surface area contributed by atoms with Crippen molar-refractivity contribution in [1.82, 2.24) is 9.97 Å². The van der Waals surface area contributed by atoms with E-state index in [-0.39, 0.29) is 0 Å². The highest BCUT2D eigenvalue weighted by molar-refractivity contribution is 9.10. The number of para-hydroxylation sites is 1. The second-order valence-electron chi connectivity index (χ2n) is 3.38. The zero-order valence-electron chi connectivity index (χ0n) is 9.13. The van der Waals surface area contributed by atoms with Crippen molar-refractivity contribution in [3.63, 3.8) is 0 Å². The van der Waals surface area contributed by atoms with Crippen LogP contribution < -0.4 is 4.90 Å². The summed E-state index contributed by atoms with van der Waals surface area (Å²) in [5.41, 5.74) is 1.43. The van der Waals surface area contributed by atoms with Crippen molar-refractivity contribution < 1.29 is 0 Å². The van der Waals surface area contributed by atoms with Gasteiger partial charge in [0.25, 0.3) is 0 Å². The van der Waals surface area contributed by atoms with E-state index in [1.807, 2.05) is 30.1 Å². The molecule has 0 amide bonds. The molecule has 0 aliphatic carbocycles. The molecule has 4 nitrogen and oxygen atoms in total. The Bertz CT molecular complexity index is 577. The quantitative estimate of drug-likeness (QED) is 0.853. The Morgan fingerprint density at radius 2 is 2.12 bits per heavy atom. The highest BCUT2D eigenvalue weighted by Crippen LogP contribution is 2.29. The van der Waals surface area contributed by atoms with Gasteiger partial charge in [-0.25, -0.2) is 9.97 Å². The molecule has 0 saturated carbocycles. The topological polar surface area (TPSA) is 52.8 Å². The van der Waals surface area contributed by atoms with Crippen molar-refractivity contribution in [3.05, 3.63) is 46.8 Å². The summed E-state index contributed by atoms with van der Waals surface area (Å²) in [6.07, 6.45) is 3.15. The van der Waals surface area contributed by atoms with E-state index in [4.69, 9.17) is 5.26 Å². The average molecular weight is 289 g/mol. The Morgan fingerprint density at radius 1 is 1.35 bits per heavy atom. The zero-order chi connectivity index (χ0) is 12.3. The summed E-state index contributed by atoms with van der Waals surface area (Å²) in [6, 6.07) is 9.55. The number of nitrogens with zero attached hydrogens (tertiary/aromatic N) is 4. The van der Waals surface area contributed by atoms with Gasteiger partial charge < -0.3 is 4.90 Å². The van der Waals surface area contributed by atoms with Crippen molar-refractivity contribution in [2.75, 3.05) is 11.9 Å². The lowest BCUT2D eigenvalue weighted by Crippen LogP contribution is -2.13. The molecule has 0 bridgehead atoms. The van der Waals surface area contributed by atoms with Gasteiger partial charge in [-0.15, -0.1) is 0 Å². The van der Waals surface area contributed by atoms with Gasteiger partial charge >= 0.3 is 0 Å². The van der Waals surface area contributed by atoms with Crippen LogP contribution in [-0.4, -0.2) is 17.0 Å². The maximum atomic E-state index is 9.06. The molecule has 84 valence electrons. The largest absolute Gasteiger partial charge is 0.327 e. The molecule has 0 unspecified atom stereocenters. The minimum atomic E-state index is 0.612. The van der Waals surface area contributed by atoms with Crippen LogP contribution in [0.4, 0.5) is 11.5 Å². The molecule has 0 fully saturated rings. The van der Waals surface area contributed by atoms with E-state index < -0.39 is 0 Å². The molecule has 17 heavy (non-hydrogen) atoms. The van der Waals surface area contributed by atoms with Gasteiger partial charge in [-0.3, -0.25) is 0 Å². The summed E-state index contributed by atoms with van der Waals surface area (Å²) in [6.45, 7) is 0. The van der Waals surface area contributed by atoms with Crippen LogP contribution in [-0.2, 0) is 0 Å². The first-order valence-electron chi connectivity index (χ1n) is 4.92. The van der Waals surface area contributed by atoms with E-state index in [9.17, 15) is 0 Å². The second-order valence-corrected chi connectivity index (χ2v) is 4.24. The highest BCUT2D eigenvalue weighted by atomic mass is 79.9. The molecule has 0 atom stereocenters. The summed E-state index contributed by atoms with van der Waals surface area (Å²) in [7, 11) is 1.86. The third-order valence-electron chi connectivity index (χ3n) is 2.35. The summed E-state index contributed by atoms with van der Waals surface area (Å²) in [5, 5.41) is 9.06. The molecule has 0 radical (unpaired) electrons. The molecule has 1 aromatic heterocycles. The summed E-state index contributed by atoms with van der Waals surface area (Å²) < 4.78 is 0.787. The van der Waals surface area contributed by atoms with E-state index >= 15 is 0 Å². The normalized spacial score (nSPS) is 9.71. The number of anilines is 2. The van der Waals surface area contributed by atoms with Crippen molar-refractivity contribution in [2.45, 2.75) is 0 Å². The van der Waals surface area contributed by atoms with Crippen LogP contribution in [0.1, 0.15) is 5.56 Å². The Labute approximate surface area is 108 Å². The van der Waals surface area contributed by atoms with Crippen molar-refractivity contribution in [3.8, 4) is 6.07 Å². The van der Waals surface area contributed by atoms with Gasteiger partial charge in [0, 0.05) is 13.2 Å². The van der Waals surface area contributed by atoms with Crippen LogP contribution in [0.3, 0.4) is 0 Å². The van der Waals surface area contributed by atoms with Crippen LogP contribution in [0.5, 0.6) is 0 Å². The van der Waals surface area contributed by atoms with Crippen LogP contribution in [0.15, 0.2) is 41.3 Å². The van der Waals surface area contributed by atoms with E-state index in [0.29, 0.717) is 5.56 Å². The molecule has 5 heteroatoms. The Hall–Kier alpha value is -1.93. The maximum absolute atomic E-state index is 9.06. The molecule has 0 aliphatic heterocycles. The maximum Gasteiger partial charge on any atom is 0.150 e. The summed E-state index contributed by atoms with van der Waals surface area (Å²) >= 11 is 3.39. The number of nitriles is 1. The van der Waals surface area contributed by atoms with E-state index in [1.165, 1.54) is 6.33 Å². The van der Waals surface area contributed by atoms with Crippen LogP contribution in [0.25, 0.3) is 0 Å².